The number of nitro groups is 1. The van der Waals surface area contributed by atoms with E-state index >= 15 is 0 Å². The van der Waals surface area contributed by atoms with Crippen LogP contribution in [-0.2, 0) is 6.54 Å². The number of thiophene rings is 1. The molecular formula is C25H22N4O7S. The van der Waals surface area contributed by atoms with E-state index in [9.17, 15) is 29.3 Å². The number of para-hydroxylation sites is 2. The molecule has 4 rings (SSSR count). The van der Waals surface area contributed by atoms with E-state index in [2.05, 4.69) is 0 Å². The standard InChI is InChI=1S/C25H22N4O7S/c1-14-20-22(31)28(17-7-5-6-8-18(17)29(34)35)25(33)27(24(20)37-21(14)23(32)26(2)3)12-16-11-15(13-30)9-10-19(16)36-4/h5-11,13H,12H2,1-4H3. The highest BCUT2D eigenvalue weighted by Gasteiger charge is 2.27. The number of aryl methyl sites for hydroxylation is 1. The Morgan fingerprint density at radius 2 is 1.89 bits per heavy atom. The lowest BCUT2D eigenvalue weighted by Gasteiger charge is -2.14. The molecule has 2 aromatic carbocycles. The number of methoxy groups -OCH3 is 1. The summed E-state index contributed by atoms with van der Waals surface area (Å²) in [6.45, 7) is 1.47. The smallest absolute Gasteiger partial charge is 0.337 e. The molecule has 4 aromatic rings. The van der Waals surface area contributed by atoms with Gasteiger partial charge in [0.1, 0.15) is 22.6 Å². The van der Waals surface area contributed by atoms with Gasteiger partial charge in [0.25, 0.3) is 17.2 Å². The Kier molecular flexibility index (Phi) is 6.77. The van der Waals surface area contributed by atoms with Crippen LogP contribution in [0.2, 0.25) is 0 Å². The van der Waals surface area contributed by atoms with Crippen LogP contribution >= 0.6 is 11.3 Å². The van der Waals surface area contributed by atoms with E-state index < -0.39 is 21.9 Å². The molecule has 190 valence electrons. The monoisotopic (exact) mass is 522 g/mol. The maximum atomic E-state index is 13.9. The first kappa shape index (κ1) is 25.5. The number of nitrogens with zero attached hydrogens (tertiary/aromatic N) is 4. The fourth-order valence-electron chi connectivity index (χ4n) is 4.08. The highest BCUT2D eigenvalue weighted by molar-refractivity contribution is 7.20. The van der Waals surface area contributed by atoms with Gasteiger partial charge in [0, 0.05) is 31.3 Å². The first-order chi connectivity index (χ1) is 17.6. The zero-order chi connectivity index (χ0) is 27.0. The molecule has 12 heteroatoms. The minimum atomic E-state index is -0.838. The van der Waals surface area contributed by atoms with Gasteiger partial charge in [0.15, 0.2) is 0 Å². The molecule has 1 amide bonds. The molecule has 0 aliphatic heterocycles. The Labute approximate surface area is 213 Å². The summed E-state index contributed by atoms with van der Waals surface area (Å²) in [5.74, 6) is 0.0434. The minimum Gasteiger partial charge on any atom is -0.496 e. The molecule has 0 saturated heterocycles. The maximum Gasteiger partial charge on any atom is 0.337 e. The SMILES string of the molecule is COc1ccc(C=O)cc1Cn1c(=O)n(-c2ccccc2[N+](=O)[O-])c(=O)c2c(C)c(C(=O)N(C)C)sc21. The summed E-state index contributed by atoms with van der Waals surface area (Å²) in [6.07, 6.45) is 0.651. The molecule has 0 N–H and O–H groups in total. The normalized spacial score (nSPS) is 10.9. The molecule has 2 aromatic heterocycles. The molecule has 2 heterocycles. The number of hydrogen-bond donors (Lipinski definition) is 0. The molecular weight excluding hydrogens is 500 g/mol. The molecule has 37 heavy (non-hydrogen) atoms. The summed E-state index contributed by atoms with van der Waals surface area (Å²) in [5, 5.41) is 11.8. The Balaban J connectivity index is 2.14. The third-order valence-corrected chi connectivity index (χ3v) is 7.20. The van der Waals surface area contributed by atoms with Crippen molar-refractivity contribution in [1.29, 1.82) is 0 Å². The predicted octanol–water partition coefficient (Wildman–Crippen LogP) is 3.00. The van der Waals surface area contributed by atoms with Gasteiger partial charge < -0.3 is 9.64 Å². The summed E-state index contributed by atoms with van der Waals surface area (Å²) in [7, 11) is 4.58. The zero-order valence-corrected chi connectivity index (χ0v) is 21.2. The van der Waals surface area contributed by atoms with E-state index in [0.29, 0.717) is 28.7 Å². The molecule has 0 bridgehead atoms. The second kappa shape index (κ2) is 9.82. The van der Waals surface area contributed by atoms with Gasteiger partial charge in [-0.05, 0) is 36.8 Å². The molecule has 0 radical (unpaired) electrons. The van der Waals surface area contributed by atoms with E-state index in [0.717, 1.165) is 15.9 Å². The van der Waals surface area contributed by atoms with Crippen LogP contribution in [0.1, 0.15) is 31.2 Å². The fraction of sp³-hybridized carbons (Fsp3) is 0.200. The average molecular weight is 523 g/mol. The second-order valence-corrected chi connectivity index (χ2v) is 9.38. The number of aromatic nitrogens is 2. The third-order valence-electron chi connectivity index (χ3n) is 5.90. The van der Waals surface area contributed by atoms with E-state index in [1.165, 1.54) is 40.8 Å². The van der Waals surface area contributed by atoms with Crippen LogP contribution in [0.4, 0.5) is 5.69 Å². The van der Waals surface area contributed by atoms with Crippen molar-refractivity contribution < 1.29 is 19.2 Å². The Morgan fingerprint density at radius 3 is 2.51 bits per heavy atom. The summed E-state index contributed by atoms with van der Waals surface area (Å²) < 4.78 is 7.43. The van der Waals surface area contributed by atoms with Crippen molar-refractivity contribution in [2.45, 2.75) is 13.5 Å². The van der Waals surface area contributed by atoms with Gasteiger partial charge in [0.05, 0.1) is 28.8 Å². The summed E-state index contributed by atoms with van der Waals surface area (Å²) >= 11 is 0.987. The van der Waals surface area contributed by atoms with Crippen molar-refractivity contribution >= 4 is 39.4 Å². The molecule has 0 aliphatic carbocycles. The van der Waals surface area contributed by atoms with Crippen molar-refractivity contribution in [3.63, 3.8) is 0 Å². The first-order valence-electron chi connectivity index (χ1n) is 11.0. The Hall–Kier alpha value is -4.58. The zero-order valence-electron chi connectivity index (χ0n) is 20.4. The number of rotatable bonds is 7. The number of carbonyl (C=O) groups excluding carboxylic acids is 2. The van der Waals surface area contributed by atoms with Gasteiger partial charge in [0.2, 0.25) is 0 Å². The molecule has 0 aliphatic rings. The number of fused-ring (bicyclic) bond motifs is 1. The van der Waals surface area contributed by atoms with Crippen LogP contribution in [-0.4, -0.2) is 52.4 Å². The molecule has 11 nitrogen and oxygen atoms in total. The number of aldehydes is 1. The number of amides is 1. The lowest BCUT2D eigenvalue weighted by molar-refractivity contribution is -0.384. The summed E-state index contributed by atoms with van der Waals surface area (Å²) in [4.78, 5) is 64.8. The van der Waals surface area contributed by atoms with Crippen LogP contribution in [0.25, 0.3) is 15.9 Å². The predicted molar refractivity (Wildman–Crippen MR) is 139 cm³/mol. The van der Waals surface area contributed by atoms with Crippen LogP contribution in [0.15, 0.2) is 52.1 Å². The fourth-order valence-corrected chi connectivity index (χ4v) is 5.39. The topological polar surface area (TPSA) is 134 Å². The molecule has 0 unspecified atom stereocenters. The van der Waals surface area contributed by atoms with Gasteiger partial charge in [-0.25, -0.2) is 9.36 Å². The Morgan fingerprint density at radius 1 is 1.19 bits per heavy atom. The third kappa shape index (κ3) is 4.31. The second-order valence-electron chi connectivity index (χ2n) is 8.38. The van der Waals surface area contributed by atoms with E-state index in [4.69, 9.17) is 4.74 Å². The average Bonchev–Trinajstić information content (AvgIpc) is 3.23. The van der Waals surface area contributed by atoms with Gasteiger partial charge >= 0.3 is 5.69 Å². The van der Waals surface area contributed by atoms with E-state index in [1.807, 2.05) is 0 Å². The number of carbonyl (C=O) groups is 2. The highest BCUT2D eigenvalue weighted by atomic mass is 32.1. The van der Waals surface area contributed by atoms with Crippen molar-refractivity contribution in [3.8, 4) is 11.4 Å². The molecule has 0 spiro atoms. The summed E-state index contributed by atoms with van der Waals surface area (Å²) in [5.41, 5.74) is -1.06. The summed E-state index contributed by atoms with van der Waals surface area (Å²) in [6, 6.07) is 10.1. The number of benzene rings is 2. The van der Waals surface area contributed by atoms with Gasteiger partial charge in [-0.2, -0.15) is 0 Å². The lowest BCUT2D eigenvalue weighted by Crippen LogP contribution is -2.39. The highest BCUT2D eigenvalue weighted by Crippen LogP contribution is 2.31. The van der Waals surface area contributed by atoms with Crippen molar-refractivity contribution in [1.82, 2.24) is 14.0 Å². The number of ether oxygens (including phenoxy) is 1. The van der Waals surface area contributed by atoms with Crippen molar-refractivity contribution in [2.75, 3.05) is 21.2 Å². The van der Waals surface area contributed by atoms with Crippen molar-refractivity contribution in [2.24, 2.45) is 0 Å². The van der Waals surface area contributed by atoms with Gasteiger partial charge in [-0.15, -0.1) is 11.3 Å². The number of nitro benzene ring substituents is 1. The van der Waals surface area contributed by atoms with Crippen LogP contribution in [0.3, 0.4) is 0 Å². The molecule has 0 atom stereocenters. The van der Waals surface area contributed by atoms with Gasteiger partial charge in [-0.3, -0.25) is 29.1 Å². The van der Waals surface area contributed by atoms with Crippen LogP contribution in [0, 0.1) is 17.0 Å². The number of hydrogen-bond acceptors (Lipinski definition) is 8. The maximum absolute atomic E-state index is 13.9. The van der Waals surface area contributed by atoms with Crippen molar-refractivity contribution in [3.05, 3.63) is 95.0 Å². The first-order valence-corrected chi connectivity index (χ1v) is 11.8. The minimum absolute atomic E-state index is 0.0958. The van der Waals surface area contributed by atoms with Crippen LogP contribution in [0.5, 0.6) is 5.75 Å². The van der Waals surface area contributed by atoms with Gasteiger partial charge in [-0.1, -0.05) is 12.1 Å². The molecule has 0 fully saturated rings. The lowest BCUT2D eigenvalue weighted by atomic mass is 10.1. The van der Waals surface area contributed by atoms with E-state index in [-0.39, 0.29) is 33.2 Å². The molecule has 0 saturated carbocycles. The Bertz CT molecular complexity index is 1700. The van der Waals surface area contributed by atoms with Crippen LogP contribution < -0.4 is 16.0 Å². The van der Waals surface area contributed by atoms with E-state index in [1.54, 1.807) is 39.2 Å². The quantitative estimate of drug-likeness (QED) is 0.207. The largest absolute Gasteiger partial charge is 0.496 e.